The number of fused-ring (bicyclic) bond motifs is 1. The van der Waals surface area contributed by atoms with Crippen molar-refractivity contribution < 1.29 is 9.59 Å². The molecule has 0 aliphatic heterocycles. The number of hydrazine groups is 1. The molecule has 7 nitrogen and oxygen atoms in total. The minimum absolute atomic E-state index is 0.000312. The molecule has 3 N–H and O–H groups in total. The Morgan fingerprint density at radius 1 is 1.25 bits per heavy atom. The molecular weight excluding hydrogens is 396 g/mol. The molecule has 0 spiro atoms. The van der Waals surface area contributed by atoms with Gasteiger partial charge in [-0.25, -0.2) is 0 Å². The number of hydrogen-bond acceptors (Lipinski definition) is 5. The van der Waals surface area contributed by atoms with Crippen LogP contribution in [0.4, 0.5) is 0 Å². The maximum absolute atomic E-state index is 12.6. The largest absolute Gasteiger partial charge is 0.332 e. The van der Waals surface area contributed by atoms with E-state index in [0.29, 0.717) is 15.8 Å². The van der Waals surface area contributed by atoms with Crippen LogP contribution in [-0.2, 0) is 17.8 Å². The third-order valence-electron chi connectivity index (χ3n) is 4.33. The summed E-state index contributed by atoms with van der Waals surface area (Å²) >= 11 is 6.63. The second-order valence-corrected chi connectivity index (χ2v) is 7.78. The zero-order valence-electron chi connectivity index (χ0n) is 15.5. The van der Waals surface area contributed by atoms with Crippen LogP contribution in [0.15, 0.2) is 35.1 Å². The monoisotopic (exact) mass is 416 g/mol. The SMILES string of the molecule is CCc1sc(C(=O)NNC(=O)CCn2c(=S)[nH]c3ccccc3c2=O)cc1C. The fourth-order valence-corrected chi connectivity index (χ4v) is 4.14. The second kappa shape index (κ2) is 8.49. The summed E-state index contributed by atoms with van der Waals surface area (Å²) in [6, 6.07) is 8.86. The zero-order chi connectivity index (χ0) is 20.3. The van der Waals surface area contributed by atoms with Crippen LogP contribution in [0.5, 0.6) is 0 Å². The first kappa shape index (κ1) is 20.0. The molecular formula is C19H20N4O3S2. The molecule has 0 unspecified atom stereocenters. The minimum Gasteiger partial charge on any atom is -0.332 e. The second-order valence-electron chi connectivity index (χ2n) is 6.26. The van der Waals surface area contributed by atoms with Crippen molar-refractivity contribution in [3.8, 4) is 0 Å². The fraction of sp³-hybridized carbons (Fsp3) is 0.263. The van der Waals surface area contributed by atoms with Crippen molar-refractivity contribution in [3.63, 3.8) is 0 Å². The van der Waals surface area contributed by atoms with Crippen LogP contribution in [0.1, 0.15) is 33.5 Å². The molecule has 2 aromatic heterocycles. The Labute approximate surface area is 170 Å². The van der Waals surface area contributed by atoms with Crippen LogP contribution in [0.3, 0.4) is 0 Å². The quantitative estimate of drug-likeness (QED) is 0.440. The van der Waals surface area contributed by atoms with Crippen molar-refractivity contribution >= 4 is 46.3 Å². The van der Waals surface area contributed by atoms with Crippen molar-refractivity contribution in [2.75, 3.05) is 0 Å². The molecule has 1 aromatic carbocycles. The normalized spacial score (nSPS) is 10.8. The molecule has 0 saturated heterocycles. The molecule has 0 aliphatic carbocycles. The summed E-state index contributed by atoms with van der Waals surface area (Å²) in [5, 5.41) is 0.504. The topological polar surface area (TPSA) is 96.0 Å². The smallest absolute Gasteiger partial charge is 0.279 e. The number of aromatic nitrogens is 2. The lowest BCUT2D eigenvalue weighted by atomic mass is 10.2. The van der Waals surface area contributed by atoms with Gasteiger partial charge in [0.25, 0.3) is 11.5 Å². The molecule has 0 atom stereocenters. The number of H-pyrrole nitrogens is 1. The highest BCUT2D eigenvalue weighted by molar-refractivity contribution is 7.71. The van der Waals surface area contributed by atoms with Crippen molar-refractivity contribution in [2.45, 2.75) is 33.2 Å². The Bertz CT molecular complexity index is 1160. The molecule has 9 heteroatoms. The first-order valence-electron chi connectivity index (χ1n) is 8.81. The first-order chi connectivity index (χ1) is 13.4. The molecule has 0 radical (unpaired) electrons. The number of hydrogen-bond donors (Lipinski definition) is 3. The van der Waals surface area contributed by atoms with Crippen LogP contribution in [0.25, 0.3) is 10.9 Å². The van der Waals surface area contributed by atoms with Gasteiger partial charge in [-0.05, 0) is 49.3 Å². The summed E-state index contributed by atoms with van der Waals surface area (Å²) in [7, 11) is 0. The van der Waals surface area contributed by atoms with Gasteiger partial charge in [-0.2, -0.15) is 0 Å². The van der Waals surface area contributed by atoms with Crippen LogP contribution in [-0.4, -0.2) is 21.4 Å². The first-order valence-corrected chi connectivity index (χ1v) is 10.0. The Morgan fingerprint density at radius 3 is 2.71 bits per heavy atom. The van der Waals surface area contributed by atoms with Gasteiger partial charge in [-0.1, -0.05) is 19.1 Å². The highest BCUT2D eigenvalue weighted by atomic mass is 32.1. The third-order valence-corrected chi connectivity index (χ3v) is 6.04. The molecule has 0 saturated carbocycles. The average Bonchev–Trinajstić information content (AvgIpc) is 3.06. The predicted molar refractivity (Wildman–Crippen MR) is 112 cm³/mol. The molecule has 3 rings (SSSR count). The molecule has 28 heavy (non-hydrogen) atoms. The van der Waals surface area contributed by atoms with Gasteiger partial charge in [-0.3, -0.25) is 29.8 Å². The Kier molecular flexibility index (Phi) is 6.05. The van der Waals surface area contributed by atoms with Gasteiger partial charge in [0.15, 0.2) is 4.77 Å². The van der Waals surface area contributed by atoms with Crippen molar-refractivity contribution in [2.24, 2.45) is 0 Å². The molecule has 3 aromatic rings. The number of para-hydroxylation sites is 1. The standard InChI is InChI=1S/C19H20N4O3S2/c1-3-14-11(2)10-15(28-14)17(25)22-21-16(24)8-9-23-18(26)12-6-4-5-7-13(12)20-19(23)27/h4-7,10H,3,8-9H2,1-2H3,(H,20,27)(H,21,24)(H,22,25). The number of amides is 2. The van der Waals surface area contributed by atoms with Crippen LogP contribution >= 0.6 is 23.6 Å². The fourth-order valence-electron chi connectivity index (χ4n) is 2.85. The van der Waals surface area contributed by atoms with Crippen LogP contribution in [0.2, 0.25) is 0 Å². The van der Waals surface area contributed by atoms with Gasteiger partial charge in [0.2, 0.25) is 5.91 Å². The summed E-state index contributed by atoms with van der Waals surface area (Å²) in [4.78, 5) is 41.5. The summed E-state index contributed by atoms with van der Waals surface area (Å²) in [6.45, 7) is 4.09. The number of aromatic amines is 1. The third kappa shape index (κ3) is 4.20. The molecule has 2 heterocycles. The molecule has 0 fully saturated rings. The van der Waals surface area contributed by atoms with E-state index in [4.69, 9.17) is 12.2 Å². The van der Waals surface area contributed by atoms with Crippen molar-refractivity contribution in [3.05, 3.63) is 60.8 Å². The minimum atomic E-state index is -0.410. The predicted octanol–water partition coefficient (Wildman–Crippen LogP) is 2.84. The summed E-state index contributed by atoms with van der Waals surface area (Å²) in [5.41, 5.74) is 6.26. The van der Waals surface area contributed by atoms with Gasteiger partial charge >= 0.3 is 0 Å². The lowest BCUT2D eigenvalue weighted by Crippen LogP contribution is -2.42. The number of nitrogens with one attached hydrogen (secondary N) is 3. The summed E-state index contributed by atoms with van der Waals surface area (Å²) in [5.74, 6) is -0.770. The Morgan fingerprint density at radius 2 is 2.00 bits per heavy atom. The van der Waals surface area contributed by atoms with E-state index in [9.17, 15) is 14.4 Å². The highest BCUT2D eigenvalue weighted by Crippen LogP contribution is 2.21. The number of carbonyl (C=O) groups excluding carboxylic acids is 2. The van der Waals surface area contributed by atoms with Gasteiger partial charge in [-0.15, -0.1) is 11.3 Å². The maximum Gasteiger partial charge on any atom is 0.279 e. The average molecular weight is 417 g/mol. The van der Waals surface area contributed by atoms with Crippen molar-refractivity contribution in [1.82, 2.24) is 20.4 Å². The van der Waals surface area contributed by atoms with E-state index in [0.717, 1.165) is 16.9 Å². The van der Waals surface area contributed by atoms with Crippen molar-refractivity contribution in [1.29, 1.82) is 0 Å². The molecule has 2 amide bonds. The number of benzene rings is 1. The molecule has 0 aliphatic rings. The number of nitrogens with zero attached hydrogens (tertiary/aromatic N) is 1. The zero-order valence-corrected chi connectivity index (χ0v) is 17.1. The van der Waals surface area contributed by atoms with Crippen LogP contribution < -0.4 is 16.4 Å². The summed E-state index contributed by atoms with van der Waals surface area (Å²) in [6.07, 6.45) is 0.858. The van der Waals surface area contributed by atoms with Gasteiger partial charge in [0.1, 0.15) is 0 Å². The molecule has 0 bridgehead atoms. The van der Waals surface area contributed by atoms with E-state index in [1.165, 1.54) is 15.9 Å². The lowest BCUT2D eigenvalue weighted by Gasteiger charge is -2.09. The van der Waals surface area contributed by atoms with Crippen LogP contribution in [0, 0.1) is 11.7 Å². The van der Waals surface area contributed by atoms with E-state index < -0.39 is 5.91 Å². The van der Waals surface area contributed by atoms with Gasteiger partial charge < -0.3 is 4.98 Å². The Hall–Kier alpha value is -2.78. The van der Waals surface area contributed by atoms with E-state index in [1.54, 1.807) is 24.3 Å². The highest BCUT2D eigenvalue weighted by Gasteiger charge is 2.13. The number of thiophene rings is 1. The Balaban J connectivity index is 1.61. The van der Waals surface area contributed by atoms with E-state index in [2.05, 4.69) is 15.8 Å². The summed E-state index contributed by atoms with van der Waals surface area (Å²) < 4.78 is 1.59. The van der Waals surface area contributed by atoms with E-state index in [-0.39, 0.29) is 29.2 Å². The van der Waals surface area contributed by atoms with E-state index in [1.807, 2.05) is 19.9 Å². The molecule has 146 valence electrons. The maximum atomic E-state index is 12.6. The van der Waals surface area contributed by atoms with Gasteiger partial charge in [0.05, 0.1) is 15.8 Å². The number of rotatable bonds is 5. The number of carbonyl (C=O) groups is 2. The van der Waals surface area contributed by atoms with Gasteiger partial charge in [0, 0.05) is 17.8 Å². The lowest BCUT2D eigenvalue weighted by molar-refractivity contribution is -0.122. The number of aryl methyl sites for hydroxylation is 2. The van der Waals surface area contributed by atoms with E-state index >= 15 is 0 Å².